The van der Waals surface area contributed by atoms with E-state index in [1.807, 2.05) is 65.7 Å². The Morgan fingerprint density at radius 1 is 0.955 bits per heavy atom. The molecular weight excluding hydrogens is 592 g/mol. The number of amides is 1. The van der Waals surface area contributed by atoms with Crippen molar-refractivity contribution in [2.45, 2.75) is 26.5 Å². The SMILES string of the molecule is COc1ccc(CCn2c(-c3csc(COc4ccccc4Cl)n3)cc(C(=O)N3CCN(c4ccccc4)CC3)c2C)cc1. The van der Waals surface area contributed by atoms with E-state index >= 15 is 0 Å². The molecule has 3 aromatic carbocycles. The molecule has 1 aliphatic heterocycles. The third kappa shape index (κ3) is 6.61. The highest BCUT2D eigenvalue weighted by Gasteiger charge is 2.27. The lowest BCUT2D eigenvalue weighted by Crippen LogP contribution is -2.48. The molecule has 3 heterocycles. The molecule has 1 amide bonds. The van der Waals surface area contributed by atoms with E-state index in [4.69, 9.17) is 26.1 Å². The lowest BCUT2D eigenvalue weighted by atomic mass is 10.1. The lowest BCUT2D eigenvalue weighted by molar-refractivity contribution is 0.0746. The van der Waals surface area contributed by atoms with Crippen LogP contribution >= 0.6 is 22.9 Å². The van der Waals surface area contributed by atoms with Gasteiger partial charge in [0.15, 0.2) is 0 Å². The zero-order valence-corrected chi connectivity index (χ0v) is 26.5. The number of carbonyl (C=O) groups is 1. The summed E-state index contributed by atoms with van der Waals surface area (Å²) in [5.74, 6) is 1.53. The van der Waals surface area contributed by atoms with E-state index in [0.29, 0.717) is 37.0 Å². The van der Waals surface area contributed by atoms with Crippen molar-refractivity contribution in [3.8, 4) is 22.9 Å². The summed E-state index contributed by atoms with van der Waals surface area (Å²) in [6.45, 7) is 6.04. The van der Waals surface area contributed by atoms with Crippen molar-refractivity contribution in [3.05, 3.63) is 117 Å². The van der Waals surface area contributed by atoms with Crippen LogP contribution in [0.5, 0.6) is 11.5 Å². The zero-order valence-electron chi connectivity index (χ0n) is 24.9. The number of nitrogens with zero attached hydrogens (tertiary/aromatic N) is 4. The van der Waals surface area contributed by atoms with Gasteiger partial charge < -0.3 is 23.8 Å². The number of halogens is 1. The summed E-state index contributed by atoms with van der Waals surface area (Å²) >= 11 is 7.82. The standard InChI is InChI=1S/C35H35ClN4O3S/c1-25-29(35(41)39-20-18-38(19-21-39)27-8-4-3-5-9-27)22-32(40(25)17-16-26-12-14-28(42-2)15-13-26)31-24-44-34(37-31)23-43-33-11-7-6-10-30(33)36/h3-15,22,24H,16-21,23H2,1-2H3. The maximum absolute atomic E-state index is 13.9. The van der Waals surface area contributed by atoms with Crippen LogP contribution in [0.15, 0.2) is 90.3 Å². The van der Waals surface area contributed by atoms with Crippen LogP contribution in [0.4, 0.5) is 5.69 Å². The highest BCUT2D eigenvalue weighted by molar-refractivity contribution is 7.09. The number of anilines is 1. The Morgan fingerprint density at radius 2 is 1.68 bits per heavy atom. The van der Waals surface area contributed by atoms with Gasteiger partial charge in [0.1, 0.15) is 23.1 Å². The minimum atomic E-state index is 0.0668. The highest BCUT2D eigenvalue weighted by atomic mass is 35.5. The minimum absolute atomic E-state index is 0.0668. The third-order valence-corrected chi connectivity index (χ3v) is 9.20. The summed E-state index contributed by atoms with van der Waals surface area (Å²) in [6.07, 6.45) is 0.808. The molecule has 0 saturated carbocycles. The van der Waals surface area contributed by atoms with Gasteiger partial charge >= 0.3 is 0 Å². The van der Waals surface area contributed by atoms with Crippen LogP contribution in [-0.2, 0) is 19.6 Å². The van der Waals surface area contributed by atoms with E-state index in [1.54, 1.807) is 7.11 Å². The van der Waals surface area contributed by atoms with Crippen molar-refractivity contribution < 1.29 is 14.3 Å². The second kappa shape index (κ2) is 13.6. The largest absolute Gasteiger partial charge is 0.497 e. The van der Waals surface area contributed by atoms with Crippen LogP contribution < -0.4 is 14.4 Å². The first-order chi connectivity index (χ1) is 21.5. The Hall–Kier alpha value is -4.27. The summed E-state index contributed by atoms with van der Waals surface area (Å²) in [5.41, 5.74) is 5.83. The number of piperazine rings is 1. The van der Waals surface area contributed by atoms with Gasteiger partial charge in [0, 0.05) is 49.5 Å². The van der Waals surface area contributed by atoms with Crippen molar-refractivity contribution in [2.24, 2.45) is 0 Å². The van der Waals surface area contributed by atoms with Crippen molar-refractivity contribution >= 4 is 34.5 Å². The Balaban J connectivity index is 1.23. The number of hydrogen-bond acceptors (Lipinski definition) is 6. The Morgan fingerprint density at radius 3 is 2.41 bits per heavy atom. The number of aryl methyl sites for hydroxylation is 1. The molecule has 0 unspecified atom stereocenters. The maximum Gasteiger partial charge on any atom is 0.255 e. The second-order valence-electron chi connectivity index (χ2n) is 10.7. The summed E-state index contributed by atoms with van der Waals surface area (Å²) in [6, 6.07) is 28.0. The fourth-order valence-corrected chi connectivity index (χ4v) is 6.46. The van der Waals surface area contributed by atoms with Crippen molar-refractivity contribution in [3.63, 3.8) is 0 Å². The minimum Gasteiger partial charge on any atom is -0.497 e. The van der Waals surface area contributed by atoms with Gasteiger partial charge in [-0.05, 0) is 61.4 Å². The van der Waals surface area contributed by atoms with E-state index in [0.717, 1.165) is 52.9 Å². The van der Waals surface area contributed by atoms with Crippen LogP contribution in [0.3, 0.4) is 0 Å². The van der Waals surface area contributed by atoms with E-state index in [2.05, 4.69) is 45.9 Å². The molecule has 7 nitrogen and oxygen atoms in total. The molecule has 0 N–H and O–H groups in total. The molecular formula is C35H35ClN4O3S. The molecule has 1 saturated heterocycles. The number of carbonyl (C=O) groups excluding carboxylic acids is 1. The van der Waals surface area contributed by atoms with Gasteiger partial charge in [-0.15, -0.1) is 11.3 Å². The Kier molecular flexibility index (Phi) is 9.19. The molecule has 6 rings (SSSR count). The van der Waals surface area contributed by atoms with Gasteiger partial charge in [0.25, 0.3) is 5.91 Å². The van der Waals surface area contributed by atoms with Gasteiger partial charge in [-0.3, -0.25) is 4.79 Å². The first kappa shape index (κ1) is 29.8. The fourth-order valence-electron chi connectivity index (χ4n) is 5.57. The highest BCUT2D eigenvalue weighted by Crippen LogP contribution is 2.31. The number of rotatable bonds is 10. The topological polar surface area (TPSA) is 59.8 Å². The molecule has 0 atom stereocenters. The fraction of sp³-hybridized carbons (Fsp3) is 0.257. The Labute approximate surface area is 267 Å². The van der Waals surface area contributed by atoms with Crippen LogP contribution in [0.2, 0.25) is 5.02 Å². The van der Waals surface area contributed by atoms with E-state index in [-0.39, 0.29) is 5.91 Å². The molecule has 0 radical (unpaired) electrons. The van der Waals surface area contributed by atoms with Gasteiger partial charge in [-0.1, -0.05) is 54.1 Å². The molecule has 9 heteroatoms. The first-order valence-corrected chi connectivity index (χ1v) is 16.0. The van der Waals surface area contributed by atoms with Gasteiger partial charge in [-0.25, -0.2) is 4.98 Å². The molecule has 0 spiro atoms. The number of aromatic nitrogens is 2. The summed E-state index contributed by atoms with van der Waals surface area (Å²) < 4.78 is 13.5. The number of ether oxygens (including phenoxy) is 2. The quantitative estimate of drug-likeness (QED) is 0.162. The van der Waals surface area contributed by atoms with Gasteiger partial charge in [0.05, 0.1) is 29.1 Å². The number of hydrogen-bond donors (Lipinski definition) is 0. The first-order valence-electron chi connectivity index (χ1n) is 14.7. The average molecular weight is 627 g/mol. The van der Waals surface area contributed by atoms with Crippen LogP contribution in [0.25, 0.3) is 11.4 Å². The monoisotopic (exact) mass is 626 g/mol. The number of para-hydroxylation sites is 2. The third-order valence-electron chi connectivity index (χ3n) is 8.07. The van der Waals surface area contributed by atoms with Gasteiger partial charge in [-0.2, -0.15) is 0 Å². The average Bonchev–Trinajstić information content (AvgIpc) is 3.67. The molecule has 226 valence electrons. The number of benzene rings is 3. The molecule has 1 fully saturated rings. The number of thiazole rings is 1. The molecule has 0 bridgehead atoms. The summed E-state index contributed by atoms with van der Waals surface area (Å²) in [7, 11) is 1.67. The zero-order chi connectivity index (χ0) is 30.5. The molecule has 2 aromatic heterocycles. The normalized spacial score (nSPS) is 13.2. The molecule has 1 aliphatic rings. The molecule has 44 heavy (non-hydrogen) atoms. The lowest BCUT2D eigenvalue weighted by Gasteiger charge is -2.36. The smallest absolute Gasteiger partial charge is 0.255 e. The molecule has 5 aromatic rings. The van der Waals surface area contributed by atoms with Crippen LogP contribution in [0, 0.1) is 6.92 Å². The van der Waals surface area contributed by atoms with Gasteiger partial charge in [0.2, 0.25) is 0 Å². The summed E-state index contributed by atoms with van der Waals surface area (Å²) in [4.78, 5) is 23.2. The van der Waals surface area contributed by atoms with Crippen molar-refractivity contribution in [2.75, 3.05) is 38.2 Å². The van der Waals surface area contributed by atoms with E-state index in [9.17, 15) is 4.79 Å². The van der Waals surface area contributed by atoms with Crippen molar-refractivity contribution in [1.29, 1.82) is 0 Å². The van der Waals surface area contributed by atoms with Crippen molar-refractivity contribution in [1.82, 2.24) is 14.5 Å². The van der Waals surface area contributed by atoms with Crippen LogP contribution in [0.1, 0.15) is 26.6 Å². The predicted octanol–water partition coefficient (Wildman–Crippen LogP) is 7.37. The van der Waals surface area contributed by atoms with E-state index < -0.39 is 0 Å². The molecule has 0 aliphatic carbocycles. The summed E-state index contributed by atoms with van der Waals surface area (Å²) in [5, 5.41) is 3.45. The Bertz CT molecular complexity index is 1710. The predicted molar refractivity (Wildman–Crippen MR) is 177 cm³/mol. The maximum atomic E-state index is 13.9. The second-order valence-corrected chi connectivity index (χ2v) is 12.1. The number of methoxy groups -OCH3 is 1. The van der Waals surface area contributed by atoms with Crippen LogP contribution in [-0.4, -0.2) is 53.6 Å². The van der Waals surface area contributed by atoms with E-state index in [1.165, 1.54) is 22.6 Å².